The van der Waals surface area contributed by atoms with Crippen molar-refractivity contribution in [2.75, 3.05) is 6.54 Å². The van der Waals surface area contributed by atoms with Crippen LogP contribution in [0.5, 0.6) is 0 Å². The summed E-state index contributed by atoms with van der Waals surface area (Å²) in [6.45, 7) is 5.51. The summed E-state index contributed by atoms with van der Waals surface area (Å²) < 4.78 is 38.6. The van der Waals surface area contributed by atoms with Crippen molar-refractivity contribution in [2.45, 2.75) is 63.7 Å². The number of hydrogen-bond acceptors (Lipinski definition) is 3. The topological polar surface area (TPSA) is 46.4 Å². The molecule has 1 aliphatic carbocycles. The lowest BCUT2D eigenvalue weighted by molar-refractivity contribution is -0.385. The maximum Gasteiger partial charge on any atom is 0.391 e. The molecule has 3 rings (SSSR count). The second-order valence-electron chi connectivity index (χ2n) is 7.93. The molecule has 0 bridgehead atoms. The summed E-state index contributed by atoms with van der Waals surface area (Å²) in [4.78, 5) is 12.9. The highest BCUT2D eigenvalue weighted by Gasteiger charge is 2.43. The summed E-state index contributed by atoms with van der Waals surface area (Å²) in [5.41, 5.74) is 1.91. The first-order valence-electron chi connectivity index (χ1n) is 8.66. The van der Waals surface area contributed by atoms with Gasteiger partial charge >= 0.3 is 6.18 Å². The van der Waals surface area contributed by atoms with Gasteiger partial charge in [0, 0.05) is 36.7 Å². The Kier molecular flexibility index (Phi) is 4.56. The Bertz CT molecular complexity index is 665. The predicted octanol–water partition coefficient (Wildman–Crippen LogP) is 4.81. The van der Waals surface area contributed by atoms with Gasteiger partial charge in [0.15, 0.2) is 0 Å². The molecule has 1 aromatic rings. The molecule has 0 radical (unpaired) electrons. The monoisotopic (exact) mass is 356 g/mol. The van der Waals surface area contributed by atoms with E-state index in [1.54, 1.807) is 6.07 Å². The minimum absolute atomic E-state index is 0.0668. The van der Waals surface area contributed by atoms with Crippen molar-refractivity contribution in [1.29, 1.82) is 0 Å². The van der Waals surface area contributed by atoms with E-state index in [1.807, 2.05) is 6.07 Å². The highest BCUT2D eigenvalue weighted by atomic mass is 19.4. The third-order valence-corrected chi connectivity index (χ3v) is 5.68. The lowest BCUT2D eigenvalue weighted by Crippen LogP contribution is -2.48. The number of benzene rings is 1. The van der Waals surface area contributed by atoms with Gasteiger partial charge in [-0.25, -0.2) is 0 Å². The number of fused-ring (bicyclic) bond motifs is 1. The molecule has 0 amide bonds. The number of non-ortho nitro benzene ring substituents is 1. The summed E-state index contributed by atoms with van der Waals surface area (Å²) in [6, 6.07) is 5.09. The van der Waals surface area contributed by atoms with Crippen LogP contribution in [0.15, 0.2) is 18.2 Å². The van der Waals surface area contributed by atoms with Gasteiger partial charge in [-0.2, -0.15) is 13.2 Å². The molecule has 2 aliphatic rings. The number of hydrogen-bond donors (Lipinski definition) is 0. The van der Waals surface area contributed by atoms with Gasteiger partial charge in [0.1, 0.15) is 0 Å². The molecule has 1 heterocycles. The number of nitro groups is 1. The van der Waals surface area contributed by atoms with Crippen molar-refractivity contribution in [3.63, 3.8) is 0 Å². The predicted molar refractivity (Wildman–Crippen MR) is 88.3 cm³/mol. The molecule has 1 aliphatic heterocycles. The van der Waals surface area contributed by atoms with Gasteiger partial charge in [-0.05, 0) is 36.8 Å². The second kappa shape index (κ2) is 6.27. The molecule has 7 heteroatoms. The number of nitro benzene ring substituents is 1. The highest BCUT2D eigenvalue weighted by molar-refractivity contribution is 5.44. The van der Waals surface area contributed by atoms with Crippen LogP contribution < -0.4 is 0 Å². The molecule has 1 aromatic carbocycles. The standard InChI is InChI=1S/C18H23F3N2O2/c1-17(2)11-22(14-5-3-13(4-6-14)18(19,20)21)10-12-9-15(23(24)25)7-8-16(12)17/h7-9,13-14H,3-6,10-11H2,1-2H3. The van der Waals surface area contributed by atoms with Crippen molar-refractivity contribution in [3.05, 3.63) is 39.4 Å². The van der Waals surface area contributed by atoms with E-state index >= 15 is 0 Å². The van der Waals surface area contributed by atoms with Crippen LogP contribution in [-0.2, 0) is 12.0 Å². The minimum Gasteiger partial charge on any atom is -0.295 e. The lowest BCUT2D eigenvalue weighted by Gasteiger charge is -2.45. The Hall–Kier alpha value is -1.63. The molecule has 1 fully saturated rings. The third kappa shape index (κ3) is 3.66. The van der Waals surface area contributed by atoms with Crippen LogP contribution in [0.2, 0.25) is 0 Å². The van der Waals surface area contributed by atoms with E-state index in [4.69, 9.17) is 0 Å². The maximum atomic E-state index is 12.9. The van der Waals surface area contributed by atoms with E-state index in [0.717, 1.165) is 17.7 Å². The van der Waals surface area contributed by atoms with E-state index in [9.17, 15) is 23.3 Å². The molecular formula is C18H23F3N2O2. The fourth-order valence-corrected chi connectivity index (χ4v) is 4.38. The Morgan fingerprint density at radius 1 is 1.20 bits per heavy atom. The highest BCUT2D eigenvalue weighted by Crippen LogP contribution is 2.42. The Labute approximate surface area is 145 Å². The molecule has 0 unspecified atom stereocenters. The van der Waals surface area contributed by atoms with Crippen LogP contribution in [0.1, 0.15) is 50.7 Å². The van der Waals surface area contributed by atoms with E-state index in [2.05, 4.69) is 18.7 Å². The first-order valence-corrected chi connectivity index (χ1v) is 8.66. The number of halogens is 3. The normalized spacial score (nSPS) is 26.9. The van der Waals surface area contributed by atoms with Crippen molar-refractivity contribution in [1.82, 2.24) is 4.90 Å². The van der Waals surface area contributed by atoms with Crippen LogP contribution in [0, 0.1) is 16.0 Å². The molecule has 0 saturated heterocycles. The van der Waals surface area contributed by atoms with Crippen LogP contribution in [0.25, 0.3) is 0 Å². The zero-order valence-corrected chi connectivity index (χ0v) is 14.5. The van der Waals surface area contributed by atoms with E-state index in [0.29, 0.717) is 19.4 Å². The minimum atomic E-state index is -4.10. The molecule has 0 atom stereocenters. The number of nitrogens with zero attached hydrogens (tertiary/aromatic N) is 2. The number of rotatable bonds is 2. The molecule has 138 valence electrons. The average molecular weight is 356 g/mol. The summed E-state index contributed by atoms with van der Waals surface area (Å²) >= 11 is 0. The van der Waals surface area contributed by atoms with Crippen LogP contribution in [0.3, 0.4) is 0 Å². The van der Waals surface area contributed by atoms with Gasteiger partial charge in [0.25, 0.3) is 5.69 Å². The average Bonchev–Trinajstić information content (AvgIpc) is 2.53. The summed E-state index contributed by atoms with van der Waals surface area (Å²) in [5.74, 6) is -1.19. The zero-order chi connectivity index (χ0) is 18.4. The molecule has 25 heavy (non-hydrogen) atoms. The van der Waals surface area contributed by atoms with E-state index in [-0.39, 0.29) is 30.0 Å². The van der Waals surface area contributed by atoms with Crippen LogP contribution in [-0.4, -0.2) is 28.6 Å². The first kappa shape index (κ1) is 18.2. The van der Waals surface area contributed by atoms with Gasteiger partial charge in [-0.3, -0.25) is 15.0 Å². The van der Waals surface area contributed by atoms with Gasteiger partial charge < -0.3 is 0 Å². The van der Waals surface area contributed by atoms with Crippen LogP contribution >= 0.6 is 0 Å². The fourth-order valence-electron chi connectivity index (χ4n) is 4.38. The van der Waals surface area contributed by atoms with Crippen molar-refractivity contribution < 1.29 is 18.1 Å². The molecule has 0 aromatic heterocycles. The maximum absolute atomic E-state index is 12.9. The van der Waals surface area contributed by atoms with Crippen molar-refractivity contribution in [2.24, 2.45) is 5.92 Å². The Morgan fingerprint density at radius 2 is 1.84 bits per heavy atom. The van der Waals surface area contributed by atoms with Gasteiger partial charge in [0.2, 0.25) is 0 Å². The molecule has 0 N–H and O–H groups in total. The quantitative estimate of drug-likeness (QED) is 0.564. The first-order chi connectivity index (χ1) is 11.6. The van der Waals surface area contributed by atoms with Crippen molar-refractivity contribution >= 4 is 5.69 Å². The molecule has 0 spiro atoms. The zero-order valence-electron chi connectivity index (χ0n) is 14.5. The lowest BCUT2D eigenvalue weighted by atomic mass is 9.76. The third-order valence-electron chi connectivity index (χ3n) is 5.68. The number of alkyl halides is 3. The van der Waals surface area contributed by atoms with E-state index < -0.39 is 17.0 Å². The molecular weight excluding hydrogens is 333 g/mol. The fraction of sp³-hybridized carbons (Fsp3) is 0.667. The summed E-state index contributed by atoms with van der Waals surface area (Å²) in [5, 5.41) is 11.0. The Morgan fingerprint density at radius 3 is 2.40 bits per heavy atom. The van der Waals surface area contributed by atoms with Gasteiger partial charge in [-0.1, -0.05) is 19.9 Å². The SMILES string of the molecule is CC1(C)CN(C2CCC(C(F)(F)F)CC2)Cc2cc([N+](=O)[O-])ccc21. The molecule has 4 nitrogen and oxygen atoms in total. The summed E-state index contributed by atoms with van der Waals surface area (Å²) in [6.07, 6.45) is -2.69. The second-order valence-corrected chi connectivity index (χ2v) is 7.93. The summed E-state index contributed by atoms with van der Waals surface area (Å²) in [7, 11) is 0. The van der Waals surface area contributed by atoms with Gasteiger partial charge in [-0.15, -0.1) is 0 Å². The van der Waals surface area contributed by atoms with Crippen molar-refractivity contribution in [3.8, 4) is 0 Å². The smallest absolute Gasteiger partial charge is 0.295 e. The van der Waals surface area contributed by atoms with E-state index in [1.165, 1.54) is 6.07 Å². The largest absolute Gasteiger partial charge is 0.391 e. The van der Waals surface area contributed by atoms with Gasteiger partial charge in [0.05, 0.1) is 10.8 Å². The van der Waals surface area contributed by atoms with Crippen LogP contribution in [0.4, 0.5) is 18.9 Å². The Balaban J connectivity index is 1.78. The molecule has 1 saturated carbocycles.